The van der Waals surface area contributed by atoms with Crippen LogP contribution in [0.5, 0.6) is 0 Å². The predicted octanol–water partition coefficient (Wildman–Crippen LogP) is 4.26. The highest BCUT2D eigenvalue weighted by Crippen LogP contribution is 2.25. The molecule has 0 aromatic heterocycles. The first-order chi connectivity index (χ1) is 12.7. The molecule has 0 spiro atoms. The van der Waals surface area contributed by atoms with Crippen LogP contribution < -0.4 is 5.32 Å². The maximum Gasteiger partial charge on any atom is 0.256 e. The monoisotopic (exact) mass is 469 g/mol. The van der Waals surface area contributed by atoms with Crippen LogP contribution >= 0.6 is 27.5 Å². The van der Waals surface area contributed by atoms with Gasteiger partial charge in [-0.3, -0.25) is 4.79 Å². The Kier molecular flexibility index (Phi) is 7.00. The standard InChI is InChI=1S/C18H17BrClN3O3S/c1-3-23(4-2)27(25,26)14-7-8-16(19)15(10-14)18(24)22-13-6-5-12(11-21)17(20)9-13/h5-10H,3-4H2,1-2H3,(H,22,24). The summed E-state index contributed by atoms with van der Waals surface area (Å²) in [7, 11) is -3.69. The second-order valence-electron chi connectivity index (χ2n) is 5.49. The molecule has 6 nitrogen and oxygen atoms in total. The van der Waals surface area contributed by atoms with Crippen molar-refractivity contribution in [2.45, 2.75) is 18.7 Å². The molecule has 1 amide bonds. The fourth-order valence-electron chi connectivity index (χ4n) is 2.43. The molecule has 0 aliphatic heterocycles. The Hall–Kier alpha value is -1.92. The summed E-state index contributed by atoms with van der Waals surface area (Å²) in [5.41, 5.74) is 0.861. The molecule has 27 heavy (non-hydrogen) atoms. The number of sulfonamides is 1. The van der Waals surface area contributed by atoms with E-state index in [1.165, 1.54) is 34.6 Å². The lowest BCUT2D eigenvalue weighted by molar-refractivity contribution is 0.102. The SMILES string of the molecule is CCN(CC)S(=O)(=O)c1ccc(Br)c(C(=O)Nc2ccc(C#N)c(Cl)c2)c1. The van der Waals surface area contributed by atoms with Crippen LogP contribution in [0.2, 0.25) is 5.02 Å². The fraction of sp³-hybridized carbons (Fsp3) is 0.222. The molecule has 142 valence electrons. The zero-order valence-corrected chi connectivity index (χ0v) is 17.8. The maximum atomic E-state index is 12.7. The van der Waals surface area contributed by atoms with E-state index in [0.29, 0.717) is 28.8 Å². The summed E-state index contributed by atoms with van der Waals surface area (Å²) < 4.78 is 27.1. The van der Waals surface area contributed by atoms with E-state index in [-0.39, 0.29) is 15.5 Å². The van der Waals surface area contributed by atoms with Crippen molar-refractivity contribution < 1.29 is 13.2 Å². The van der Waals surface area contributed by atoms with Crippen LogP contribution in [0.3, 0.4) is 0 Å². The van der Waals surface area contributed by atoms with E-state index in [4.69, 9.17) is 16.9 Å². The molecule has 0 aliphatic carbocycles. The van der Waals surface area contributed by atoms with Crippen LogP contribution in [0.1, 0.15) is 29.8 Å². The Bertz CT molecular complexity index is 1010. The van der Waals surface area contributed by atoms with Gasteiger partial charge in [-0.1, -0.05) is 25.4 Å². The molecular weight excluding hydrogens is 454 g/mol. The minimum Gasteiger partial charge on any atom is -0.322 e. The number of halogens is 2. The van der Waals surface area contributed by atoms with Crippen molar-refractivity contribution in [1.82, 2.24) is 4.31 Å². The van der Waals surface area contributed by atoms with Gasteiger partial charge in [0.2, 0.25) is 10.0 Å². The van der Waals surface area contributed by atoms with Gasteiger partial charge in [0.1, 0.15) is 6.07 Å². The minimum atomic E-state index is -3.69. The topological polar surface area (TPSA) is 90.3 Å². The van der Waals surface area contributed by atoms with E-state index < -0.39 is 15.9 Å². The molecule has 0 aliphatic rings. The van der Waals surface area contributed by atoms with Crippen molar-refractivity contribution in [1.29, 1.82) is 5.26 Å². The first-order valence-electron chi connectivity index (χ1n) is 8.05. The number of rotatable bonds is 6. The molecule has 0 heterocycles. The molecule has 2 aromatic carbocycles. The third-order valence-corrected chi connectivity index (χ3v) is 6.92. The van der Waals surface area contributed by atoms with E-state index >= 15 is 0 Å². The van der Waals surface area contributed by atoms with Gasteiger partial charge < -0.3 is 5.32 Å². The van der Waals surface area contributed by atoms with Crippen LogP contribution in [0.25, 0.3) is 0 Å². The van der Waals surface area contributed by atoms with Gasteiger partial charge in [-0.2, -0.15) is 9.57 Å². The van der Waals surface area contributed by atoms with Crippen LogP contribution in [0.15, 0.2) is 45.8 Å². The fourth-order valence-corrected chi connectivity index (χ4v) is 4.57. The van der Waals surface area contributed by atoms with Crippen molar-refractivity contribution >= 4 is 49.1 Å². The first-order valence-corrected chi connectivity index (χ1v) is 10.7. The van der Waals surface area contributed by atoms with Gasteiger partial charge in [-0.25, -0.2) is 8.42 Å². The molecule has 1 N–H and O–H groups in total. The highest BCUT2D eigenvalue weighted by atomic mass is 79.9. The van der Waals surface area contributed by atoms with E-state index in [1.807, 2.05) is 6.07 Å². The van der Waals surface area contributed by atoms with Crippen LogP contribution in [0, 0.1) is 11.3 Å². The van der Waals surface area contributed by atoms with Crippen molar-refractivity contribution in [3.05, 3.63) is 57.0 Å². The molecule has 0 fully saturated rings. The molecule has 9 heteroatoms. The van der Waals surface area contributed by atoms with Gasteiger partial charge in [0.05, 0.1) is 21.0 Å². The molecule has 0 saturated carbocycles. The number of nitrogens with zero attached hydrogens (tertiary/aromatic N) is 2. The van der Waals surface area contributed by atoms with Gasteiger partial charge in [0.25, 0.3) is 5.91 Å². The summed E-state index contributed by atoms with van der Waals surface area (Å²) in [4.78, 5) is 12.7. The quantitative estimate of drug-likeness (QED) is 0.683. The molecule has 0 radical (unpaired) electrons. The Balaban J connectivity index is 2.37. The third kappa shape index (κ3) is 4.68. The molecule has 0 unspecified atom stereocenters. The van der Waals surface area contributed by atoms with E-state index in [9.17, 15) is 13.2 Å². The van der Waals surface area contributed by atoms with Gasteiger partial charge in [-0.15, -0.1) is 0 Å². The number of nitriles is 1. The van der Waals surface area contributed by atoms with Gasteiger partial charge in [0, 0.05) is 23.2 Å². The normalized spacial score (nSPS) is 11.3. The number of amides is 1. The van der Waals surface area contributed by atoms with Crippen molar-refractivity contribution in [2.24, 2.45) is 0 Å². The molecule has 2 aromatic rings. The van der Waals surface area contributed by atoms with E-state index in [1.54, 1.807) is 19.9 Å². The number of anilines is 1. The van der Waals surface area contributed by atoms with Gasteiger partial charge >= 0.3 is 0 Å². The molecule has 0 saturated heterocycles. The van der Waals surface area contributed by atoms with Crippen LogP contribution in [-0.4, -0.2) is 31.7 Å². The molecule has 0 atom stereocenters. The maximum absolute atomic E-state index is 12.7. The van der Waals surface area contributed by atoms with Gasteiger partial charge in [-0.05, 0) is 52.3 Å². The zero-order chi connectivity index (χ0) is 20.2. The van der Waals surface area contributed by atoms with Crippen molar-refractivity contribution in [2.75, 3.05) is 18.4 Å². The summed E-state index contributed by atoms with van der Waals surface area (Å²) in [6.07, 6.45) is 0. The second kappa shape index (κ2) is 8.85. The highest BCUT2D eigenvalue weighted by Gasteiger charge is 2.23. The largest absolute Gasteiger partial charge is 0.322 e. The zero-order valence-electron chi connectivity index (χ0n) is 14.7. The van der Waals surface area contributed by atoms with E-state index in [0.717, 1.165) is 0 Å². The summed E-state index contributed by atoms with van der Waals surface area (Å²) >= 11 is 9.26. The Morgan fingerprint density at radius 3 is 2.44 bits per heavy atom. The number of hydrogen-bond acceptors (Lipinski definition) is 4. The number of hydrogen-bond donors (Lipinski definition) is 1. The Morgan fingerprint density at radius 2 is 1.89 bits per heavy atom. The number of carbonyl (C=O) groups is 1. The van der Waals surface area contributed by atoms with Gasteiger partial charge in [0.15, 0.2) is 0 Å². The van der Waals surface area contributed by atoms with Crippen molar-refractivity contribution in [3.8, 4) is 6.07 Å². The summed E-state index contributed by atoms with van der Waals surface area (Å²) in [6.45, 7) is 4.17. The summed E-state index contributed by atoms with van der Waals surface area (Å²) in [5.74, 6) is -0.501. The van der Waals surface area contributed by atoms with E-state index in [2.05, 4.69) is 21.2 Å². The molecule has 2 rings (SSSR count). The summed E-state index contributed by atoms with van der Waals surface area (Å²) in [6, 6.07) is 10.8. The molecular formula is C18H17BrClN3O3S. The average Bonchev–Trinajstić information content (AvgIpc) is 2.62. The average molecular weight is 471 g/mol. The first kappa shape index (κ1) is 21.4. The number of benzene rings is 2. The smallest absolute Gasteiger partial charge is 0.256 e. The number of carbonyl (C=O) groups excluding carboxylic acids is 1. The molecule has 0 bridgehead atoms. The second-order valence-corrected chi connectivity index (χ2v) is 8.69. The number of nitrogens with one attached hydrogen (secondary N) is 1. The lowest BCUT2D eigenvalue weighted by atomic mass is 10.2. The predicted molar refractivity (Wildman–Crippen MR) is 108 cm³/mol. The lowest BCUT2D eigenvalue weighted by Gasteiger charge is -2.19. The highest BCUT2D eigenvalue weighted by molar-refractivity contribution is 9.10. The third-order valence-electron chi connectivity index (χ3n) is 3.87. The van der Waals surface area contributed by atoms with Crippen LogP contribution in [0.4, 0.5) is 5.69 Å². The van der Waals surface area contributed by atoms with Crippen molar-refractivity contribution in [3.63, 3.8) is 0 Å². The Labute approximate surface area is 171 Å². The Morgan fingerprint density at radius 1 is 1.22 bits per heavy atom. The lowest BCUT2D eigenvalue weighted by Crippen LogP contribution is -2.30. The van der Waals surface area contributed by atoms with Crippen LogP contribution in [-0.2, 0) is 10.0 Å². The minimum absolute atomic E-state index is 0.0393. The summed E-state index contributed by atoms with van der Waals surface area (Å²) in [5, 5.41) is 11.8.